The number of thiazole rings is 1. The SMILES string of the molecule is CNC(=O)CCCCC[C@H](NC(=O)c1cncs1)c1ncc(-c2ccc(-c3ccccn3)cc2)[nH]1. The first-order valence-corrected chi connectivity index (χ1v) is 12.5. The van der Waals surface area contributed by atoms with Crippen LogP contribution in [0.15, 0.2) is 66.6 Å². The minimum absolute atomic E-state index is 0.0461. The van der Waals surface area contributed by atoms with Gasteiger partial charge < -0.3 is 15.6 Å². The molecule has 0 saturated heterocycles. The van der Waals surface area contributed by atoms with Gasteiger partial charge in [-0.1, -0.05) is 43.2 Å². The Morgan fingerprint density at radius 3 is 2.54 bits per heavy atom. The molecule has 0 saturated carbocycles. The third-order valence-corrected chi connectivity index (χ3v) is 6.49. The fraction of sp³-hybridized carbons (Fsp3) is 0.269. The normalized spacial score (nSPS) is 11.7. The van der Waals surface area contributed by atoms with E-state index in [1.807, 2.05) is 42.5 Å². The summed E-state index contributed by atoms with van der Waals surface area (Å²) in [7, 11) is 1.65. The summed E-state index contributed by atoms with van der Waals surface area (Å²) in [6.45, 7) is 0. The molecule has 1 aromatic carbocycles. The Hall–Kier alpha value is -3.85. The van der Waals surface area contributed by atoms with E-state index in [2.05, 4.69) is 30.6 Å². The van der Waals surface area contributed by atoms with Crippen LogP contribution in [0.2, 0.25) is 0 Å². The van der Waals surface area contributed by atoms with Gasteiger partial charge in [-0.15, -0.1) is 11.3 Å². The van der Waals surface area contributed by atoms with Gasteiger partial charge in [0, 0.05) is 25.2 Å². The van der Waals surface area contributed by atoms with Gasteiger partial charge in [0.05, 0.1) is 35.3 Å². The molecule has 4 aromatic rings. The number of unbranched alkanes of at least 4 members (excludes halogenated alkanes) is 2. The Morgan fingerprint density at radius 1 is 1.00 bits per heavy atom. The van der Waals surface area contributed by atoms with Crippen molar-refractivity contribution in [1.29, 1.82) is 0 Å². The van der Waals surface area contributed by atoms with Gasteiger partial charge in [0.15, 0.2) is 0 Å². The van der Waals surface area contributed by atoms with Crippen LogP contribution in [0.25, 0.3) is 22.5 Å². The highest BCUT2D eigenvalue weighted by molar-refractivity contribution is 7.11. The van der Waals surface area contributed by atoms with Gasteiger partial charge >= 0.3 is 0 Å². The Labute approximate surface area is 208 Å². The predicted octanol–water partition coefficient (Wildman–Crippen LogP) is 4.76. The van der Waals surface area contributed by atoms with Crippen molar-refractivity contribution in [3.63, 3.8) is 0 Å². The summed E-state index contributed by atoms with van der Waals surface area (Å²) >= 11 is 1.30. The van der Waals surface area contributed by atoms with Crippen LogP contribution in [-0.2, 0) is 4.79 Å². The monoisotopic (exact) mass is 488 g/mol. The third-order valence-electron chi connectivity index (χ3n) is 5.72. The van der Waals surface area contributed by atoms with Crippen molar-refractivity contribution in [2.75, 3.05) is 7.05 Å². The zero-order chi connectivity index (χ0) is 24.5. The first-order chi connectivity index (χ1) is 17.1. The van der Waals surface area contributed by atoms with Crippen LogP contribution in [0, 0.1) is 0 Å². The van der Waals surface area contributed by atoms with E-state index in [4.69, 9.17) is 0 Å². The Kier molecular flexibility index (Phi) is 8.34. The summed E-state index contributed by atoms with van der Waals surface area (Å²) in [5, 5.41) is 5.74. The number of H-pyrrole nitrogens is 1. The number of rotatable bonds is 11. The molecule has 4 rings (SSSR count). The van der Waals surface area contributed by atoms with Crippen LogP contribution < -0.4 is 10.6 Å². The van der Waals surface area contributed by atoms with E-state index < -0.39 is 0 Å². The van der Waals surface area contributed by atoms with E-state index in [0.717, 1.165) is 41.8 Å². The molecule has 0 unspecified atom stereocenters. The fourth-order valence-corrected chi connectivity index (χ4v) is 4.31. The summed E-state index contributed by atoms with van der Waals surface area (Å²) in [6, 6.07) is 13.7. The average Bonchev–Trinajstić information content (AvgIpc) is 3.61. The molecule has 0 spiro atoms. The maximum atomic E-state index is 12.7. The lowest BCUT2D eigenvalue weighted by atomic mass is 10.1. The molecule has 3 N–H and O–H groups in total. The van der Waals surface area contributed by atoms with Crippen molar-refractivity contribution in [2.24, 2.45) is 0 Å². The Bertz CT molecular complexity index is 1220. The van der Waals surface area contributed by atoms with Crippen molar-refractivity contribution in [1.82, 2.24) is 30.6 Å². The topological polar surface area (TPSA) is 113 Å². The molecule has 0 aliphatic heterocycles. The number of hydrogen-bond donors (Lipinski definition) is 3. The second-order valence-electron chi connectivity index (χ2n) is 8.14. The quantitative estimate of drug-likeness (QED) is 0.263. The van der Waals surface area contributed by atoms with E-state index in [1.54, 1.807) is 31.1 Å². The van der Waals surface area contributed by atoms with E-state index in [0.29, 0.717) is 23.5 Å². The zero-order valence-corrected chi connectivity index (χ0v) is 20.3. The number of pyridine rings is 1. The van der Waals surface area contributed by atoms with E-state index in [9.17, 15) is 9.59 Å². The molecule has 3 aromatic heterocycles. The molecule has 0 aliphatic carbocycles. The van der Waals surface area contributed by atoms with Crippen molar-refractivity contribution < 1.29 is 9.59 Å². The summed E-state index contributed by atoms with van der Waals surface area (Å²) in [5.74, 6) is 0.586. The lowest BCUT2D eigenvalue weighted by Gasteiger charge is -2.16. The standard InChI is InChI=1S/C26H28N6O2S/c1-27-24(33)9-4-2-3-8-21(32-26(34)23-16-28-17-35-23)25-30-15-22(31-25)19-12-10-18(11-13-19)20-7-5-6-14-29-20/h5-7,10-17,21H,2-4,8-9H2,1H3,(H,27,33)(H,30,31)(H,32,34)/t21-/m0/s1. The molecule has 8 nitrogen and oxygen atoms in total. The van der Waals surface area contributed by atoms with Gasteiger partial charge in [-0.3, -0.25) is 19.6 Å². The highest BCUT2D eigenvalue weighted by Gasteiger charge is 2.20. The maximum absolute atomic E-state index is 12.7. The fourth-order valence-electron chi connectivity index (χ4n) is 3.78. The van der Waals surface area contributed by atoms with Gasteiger partial charge in [0.25, 0.3) is 5.91 Å². The van der Waals surface area contributed by atoms with Crippen molar-refractivity contribution in [3.05, 3.63) is 77.3 Å². The molecule has 180 valence electrons. The summed E-state index contributed by atoms with van der Waals surface area (Å²) < 4.78 is 0. The maximum Gasteiger partial charge on any atom is 0.263 e. The van der Waals surface area contributed by atoms with Gasteiger partial charge in [0.1, 0.15) is 10.7 Å². The number of carbonyl (C=O) groups excluding carboxylic acids is 2. The minimum Gasteiger partial charge on any atom is -0.359 e. The highest BCUT2D eigenvalue weighted by Crippen LogP contribution is 2.25. The molecule has 2 amide bonds. The van der Waals surface area contributed by atoms with Crippen LogP contribution in [0.5, 0.6) is 0 Å². The molecule has 35 heavy (non-hydrogen) atoms. The lowest BCUT2D eigenvalue weighted by Crippen LogP contribution is -2.28. The molecule has 9 heteroatoms. The largest absolute Gasteiger partial charge is 0.359 e. The first-order valence-electron chi connectivity index (χ1n) is 11.6. The Balaban J connectivity index is 1.45. The Morgan fingerprint density at radius 2 is 1.83 bits per heavy atom. The number of nitrogens with one attached hydrogen (secondary N) is 3. The average molecular weight is 489 g/mol. The second-order valence-corrected chi connectivity index (χ2v) is 9.03. The van der Waals surface area contributed by atoms with Gasteiger partial charge in [0.2, 0.25) is 5.91 Å². The molecule has 0 radical (unpaired) electrons. The predicted molar refractivity (Wildman–Crippen MR) is 137 cm³/mol. The van der Waals surface area contributed by atoms with E-state index >= 15 is 0 Å². The van der Waals surface area contributed by atoms with E-state index in [1.165, 1.54) is 11.3 Å². The molecule has 0 aliphatic rings. The molecule has 0 bridgehead atoms. The summed E-state index contributed by atoms with van der Waals surface area (Å²) in [6.07, 6.45) is 8.92. The number of hydrogen-bond acceptors (Lipinski definition) is 6. The molecule has 3 heterocycles. The lowest BCUT2D eigenvalue weighted by molar-refractivity contribution is -0.120. The molecular formula is C26H28N6O2S. The number of amides is 2. The summed E-state index contributed by atoms with van der Waals surface area (Å²) in [5.41, 5.74) is 5.49. The molecular weight excluding hydrogens is 460 g/mol. The van der Waals surface area contributed by atoms with Gasteiger partial charge in [-0.25, -0.2) is 4.98 Å². The third kappa shape index (κ3) is 6.60. The zero-order valence-electron chi connectivity index (χ0n) is 19.5. The van der Waals surface area contributed by atoms with Crippen molar-refractivity contribution in [3.8, 4) is 22.5 Å². The summed E-state index contributed by atoms with van der Waals surface area (Å²) in [4.78, 5) is 41.1. The first kappa shape index (κ1) is 24.3. The van der Waals surface area contributed by atoms with Crippen LogP contribution >= 0.6 is 11.3 Å². The highest BCUT2D eigenvalue weighted by atomic mass is 32.1. The minimum atomic E-state index is -0.272. The van der Waals surface area contributed by atoms with Crippen LogP contribution in [-0.4, -0.2) is 38.8 Å². The van der Waals surface area contributed by atoms with Crippen LogP contribution in [0.4, 0.5) is 0 Å². The second kappa shape index (κ2) is 12.0. The number of aromatic amines is 1. The van der Waals surface area contributed by atoms with E-state index in [-0.39, 0.29) is 17.9 Å². The molecule has 1 atom stereocenters. The number of benzene rings is 1. The number of aromatic nitrogens is 4. The van der Waals surface area contributed by atoms with Crippen molar-refractivity contribution >= 4 is 23.2 Å². The van der Waals surface area contributed by atoms with Crippen molar-refractivity contribution in [2.45, 2.75) is 38.1 Å². The number of nitrogens with zero attached hydrogens (tertiary/aromatic N) is 3. The number of carbonyl (C=O) groups is 2. The van der Waals surface area contributed by atoms with Gasteiger partial charge in [-0.2, -0.15) is 0 Å². The molecule has 0 fully saturated rings. The smallest absolute Gasteiger partial charge is 0.263 e. The van der Waals surface area contributed by atoms with Crippen LogP contribution in [0.1, 0.15) is 53.6 Å². The number of imidazole rings is 1. The van der Waals surface area contributed by atoms with Crippen LogP contribution in [0.3, 0.4) is 0 Å². The van der Waals surface area contributed by atoms with Gasteiger partial charge in [-0.05, 0) is 30.5 Å².